The molecule has 2 aliphatic rings. The summed E-state index contributed by atoms with van der Waals surface area (Å²) in [7, 11) is 0. The predicted molar refractivity (Wildman–Crippen MR) is 72.9 cm³/mol. The Labute approximate surface area is 108 Å². The molecule has 2 fully saturated rings. The minimum atomic E-state index is 0.683. The van der Waals surface area contributed by atoms with E-state index in [1.807, 2.05) is 6.07 Å². The minimum Gasteiger partial charge on any atom is -0.368 e. The average Bonchev–Trinajstić information content (AvgIpc) is 3.17. The lowest BCUT2D eigenvalue weighted by atomic mass is 10.1. The zero-order valence-corrected chi connectivity index (χ0v) is 11.0. The maximum atomic E-state index is 6.20. The molecule has 2 nitrogen and oxygen atoms in total. The minimum absolute atomic E-state index is 0.683. The topological polar surface area (TPSA) is 15.3 Å². The fourth-order valence-electron chi connectivity index (χ4n) is 2.75. The molecule has 1 saturated heterocycles. The summed E-state index contributed by atoms with van der Waals surface area (Å²) in [6, 6.07) is 6.90. The number of benzene rings is 1. The second kappa shape index (κ2) is 4.51. The van der Waals surface area contributed by atoms with E-state index in [9.17, 15) is 0 Å². The quantitative estimate of drug-likeness (QED) is 0.869. The lowest BCUT2D eigenvalue weighted by Crippen LogP contribution is -2.52. The van der Waals surface area contributed by atoms with E-state index in [2.05, 4.69) is 29.3 Å². The highest BCUT2D eigenvalue weighted by Gasteiger charge is 2.34. The average molecular weight is 251 g/mol. The normalized spacial score (nSPS) is 25.1. The molecular formula is C14H19ClN2. The number of rotatable bonds is 2. The van der Waals surface area contributed by atoms with E-state index < -0.39 is 0 Å². The highest BCUT2D eigenvalue weighted by atomic mass is 35.5. The van der Waals surface area contributed by atoms with Crippen LogP contribution in [-0.4, -0.2) is 25.7 Å². The summed E-state index contributed by atoms with van der Waals surface area (Å²) in [6.45, 7) is 5.43. The van der Waals surface area contributed by atoms with E-state index in [1.54, 1.807) is 0 Å². The smallest absolute Gasteiger partial charge is 0.0455 e. The van der Waals surface area contributed by atoms with Crippen molar-refractivity contribution in [1.29, 1.82) is 0 Å². The summed E-state index contributed by atoms with van der Waals surface area (Å²) in [5, 5.41) is 4.52. The van der Waals surface area contributed by atoms with Crippen LogP contribution in [-0.2, 0) is 0 Å². The van der Waals surface area contributed by atoms with Crippen LogP contribution in [0.2, 0.25) is 5.02 Å². The van der Waals surface area contributed by atoms with Gasteiger partial charge in [-0.05, 0) is 43.4 Å². The molecule has 0 amide bonds. The van der Waals surface area contributed by atoms with Gasteiger partial charge in [0, 0.05) is 36.4 Å². The Morgan fingerprint density at radius 2 is 2.18 bits per heavy atom. The van der Waals surface area contributed by atoms with E-state index in [0.29, 0.717) is 6.04 Å². The zero-order chi connectivity index (χ0) is 11.8. The Kier molecular flexibility index (Phi) is 3.01. The highest BCUT2D eigenvalue weighted by molar-refractivity contribution is 6.31. The van der Waals surface area contributed by atoms with Crippen LogP contribution >= 0.6 is 11.6 Å². The maximum absolute atomic E-state index is 6.20. The molecule has 17 heavy (non-hydrogen) atoms. The summed E-state index contributed by atoms with van der Waals surface area (Å²) >= 11 is 6.20. The van der Waals surface area contributed by atoms with E-state index in [-0.39, 0.29) is 0 Å². The molecule has 1 saturated carbocycles. The van der Waals surface area contributed by atoms with Gasteiger partial charge in [0.2, 0.25) is 0 Å². The van der Waals surface area contributed by atoms with Crippen LogP contribution in [0, 0.1) is 12.8 Å². The fraction of sp³-hybridized carbons (Fsp3) is 0.571. The molecule has 3 rings (SSSR count). The van der Waals surface area contributed by atoms with E-state index in [0.717, 1.165) is 30.6 Å². The number of nitrogens with zero attached hydrogens (tertiary/aromatic N) is 1. The Balaban J connectivity index is 1.80. The summed E-state index contributed by atoms with van der Waals surface area (Å²) in [5.74, 6) is 0.914. The number of anilines is 1. The van der Waals surface area contributed by atoms with Crippen molar-refractivity contribution in [2.24, 2.45) is 5.92 Å². The first kappa shape index (κ1) is 11.4. The van der Waals surface area contributed by atoms with Crippen LogP contribution in [0.4, 0.5) is 5.69 Å². The third-order valence-corrected chi connectivity index (χ3v) is 4.39. The van der Waals surface area contributed by atoms with Crippen LogP contribution in [0.3, 0.4) is 0 Å². The molecule has 0 spiro atoms. The number of halogens is 1. The number of nitrogens with one attached hydrogen (secondary N) is 1. The molecule has 1 atom stereocenters. The van der Waals surface area contributed by atoms with Gasteiger partial charge >= 0.3 is 0 Å². The van der Waals surface area contributed by atoms with Gasteiger partial charge in [0.1, 0.15) is 0 Å². The van der Waals surface area contributed by atoms with Crippen molar-refractivity contribution in [3.05, 3.63) is 28.8 Å². The third kappa shape index (κ3) is 2.29. The number of hydrogen-bond acceptors (Lipinski definition) is 2. The molecule has 0 radical (unpaired) electrons. The Morgan fingerprint density at radius 1 is 1.35 bits per heavy atom. The van der Waals surface area contributed by atoms with Gasteiger partial charge in [-0.1, -0.05) is 17.7 Å². The maximum Gasteiger partial charge on any atom is 0.0455 e. The van der Waals surface area contributed by atoms with Crippen molar-refractivity contribution in [3.63, 3.8) is 0 Å². The molecule has 92 valence electrons. The monoisotopic (exact) mass is 250 g/mol. The van der Waals surface area contributed by atoms with Crippen LogP contribution in [0.1, 0.15) is 18.4 Å². The molecule has 3 heteroatoms. The lowest BCUT2D eigenvalue weighted by molar-refractivity contribution is 0.418. The van der Waals surface area contributed by atoms with Crippen molar-refractivity contribution in [2.75, 3.05) is 24.5 Å². The number of hydrogen-bond donors (Lipinski definition) is 1. The van der Waals surface area contributed by atoms with Crippen LogP contribution in [0.15, 0.2) is 18.2 Å². The molecule has 0 aromatic heterocycles. The first-order valence-corrected chi connectivity index (χ1v) is 6.87. The van der Waals surface area contributed by atoms with E-state index in [4.69, 9.17) is 11.6 Å². The van der Waals surface area contributed by atoms with Gasteiger partial charge in [0.15, 0.2) is 0 Å². The van der Waals surface area contributed by atoms with Gasteiger partial charge in [-0.2, -0.15) is 0 Å². The molecule has 1 aliphatic carbocycles. The number of piperazine rings is 1. The Morgan fingerprint density at radius 3 is 2.94 bits per heavy atom. The van der Waals surface area contributed by atoms with E-state index >= 15 is 0 Å². The summed E-state index contributed by atoms with van der Waals surface area (Å²) in [5.41, 5.74) is 2.52. The van der Waals surface area contributed by atoms with Gasteiger partial charge in [0.05, 0.1) is 0 Å². The zero-order valence-electron chi connectivity index (χ0n) is 10.2. The molecule has 1 N–H and O–H groups in total. The standard InChI is InChI=1S/C14H19ClN2/c1-10-12(15)3-2-4-14(10)17-8-7-16-13(9-17)11-5-6-11/h2-4,11,13,16H,5-9H2,1H3. The van der Waals surface area contributed by atoms with Gasteiger partial charge < -0.3 is 10.2 Å². The van der Waals surface area contributed by atoms with Gasteiger partial charge in [-0.15, -0.1) is 0 Å². The molecule has 1 aromatic rings. The predicted octanol–water partition coefficient (Wildman–Crippen LogP) is 2.84. The van der Waals surface area contributed by atoms with Crippen molar-refractivity contribution in [1.82, 2.24) is 5.32 Å². The first-order valence-electron chi connectivity index (χ1n) is 6.49. The SMILES string of the molecule is Cc1c(Cl)cccc1N1CCNC(C2CC2)C1. The molecule has 1 unspecified atom stereocenters. The molecule has 0 bridgehead atoms. The lowest BCUT2D eigenvalue weighted by Gasteiger charge is -2.36. The third-order valence-electron chi connectivity index (χ3n) is 3.98. The highest BCUT2D eigenvalue weighted by Crippen LogP contribution is 2.35. The van der Waals surface area contributed by atoms with Crippen molar-refractivity contribution >= 4 is 17.3 Å². The Hall–Kier alpha value is -0.730. The molecular weight excluding hydrogens is 232 g/mol. The molecule has 1 aliphatic heterocycles. The largest absolute Gasteiger partial charge is 0.368 e. The van der Waals surface area contributed by atoms with Gasteiger partial charge in [-0.25, -0.2) is 0 Å². The van der Waals surface area contributed by atoms with Crippen molar-refractivity contribution in [3.8, 4) is 0 Å². The van der Waals surface area contributed by atoms with Gasteiger partial charge in [-0.3, -0.25) is 0 Å². The fourth-order valence-corrected chi connectivity index (χ4v) is 2.92. The first-order chi connectivity index (χ1) is 8.25. The second-order valence-electron chi connectivity index (χ2n) is 5.23. The van der Waals surface area contributed by atoms with Crippen molar-refractivity contribution < 1.29 is 0 Å². The van der Waals surface area contributed by atoms with Gasteiger partial charge in [0.25, 0.3) is 0 Å². The van der Waals surface area contributed by atoms with Crippen LogP contribution in [0.25, 0.3) is 0 Å². The van der Waals surface area contributed by atoms with Crippen LogP contribution in [0.5, 0.6) is 0 Å². The molecule has 1 heterocycles. The second-order valence-corrected chi connectivity index (χ2v) is 5.64. The summed E-state index contributed by atoms with van der Waals surface area (Å²) in [6.07, 6.45) is 2.81. The van der Waals surface area contributed by atoms with E-state index in [1.165, 1.54) is 24.1 Å². The summed E-state index contributed by atoms with van der Waals surface area (Å²) < 4.78 is 0. The summed E-state index contributed by atoms with van der Waals surface area (Å²) in [4.78, 5) is 2.49. The Bertz CT molecular complexity index is 415. The van der Waals surface area contributed by atoms with Crippen molar-refractivity contribution in [2.45, 2.75) is 25.8 Å². The molecule has 1 aromatic carbocycles. The van der Waals surface area contributed by atoms with Crippen LogP contribution < -0.4 is 10.2 Å².